The number of methoxy groups -OCH3 is 3. The van der Waals surface area contributed by atoms with E-state index in [-0.39, 0.29) is 6.61 Å². The van der Waals surface area contributed by atoms with Crippen LogP contribution in [0, 0.1) is 0 Å². The molecule has 0 unspecified atom stereocenters. The van der Waals surface area contributed by atoms with Crippen LogP contribution in [-0.4, -0.2) is 94.0 Å². The first kappa shape index (κ1) is 25.1. The number of pyridine rings is 1. The van der Waals surface area contributed by atoms with Gasteiger partial charge in [-0.3, -0.25) is 0 Å². The van der Waals surface area contributed by atoms with Crippen LogP contribution in [-0.2, 0) is 20.8 Å². The van der Waals surface area contributed by atoms with Crippen molar-refractivity contribution >= 4 is 22.8 Å². The average Bonchev–Trinajstić information content (AvgIpc) is 2.92. The lowest BCUT2D eigenvalue weighted by molar-refractivity contribution is 0.122. The van der Waals surface area contributed by atoms with Crippen molar-refractivity contribution in [2.24, 2.45) is 0 Å². The topological polar surface area (TPSA) is 102 Å². The van der Waals surface area contributed by atoms with Gasteiger partial charge in [-0.1, -0.05) is 0 Å². The highest BCUT2D eigenvalue weighted by Gasteiger charge is 2.21. The highest BCUT2D eigenvalue weighted by molar-refractivity contribution is 5.90. The van der Waals surface area contributed by atoms with Crippen molar-refractivity contribution < 1.29 is 24.1 Å². The lowest BCUT2D eigenvalue weighted by atomic mass is 10.1. The fraction of sp³-hybridized carbons (Fsp3) is 0.480. The first-order valence-corrected chi connectivity index (χ1v) is 11.7. The van der Waals surface area contributed by atoms with E-state index in [0.29, 0.717) is 62.4 Å². The van der Waals surface area contributed by atoms with Crippen LogP contribution >= 0.6 is 0 Å². The Kier molecular flexibility index (Phi) is 8.64. The van der Waals surface area contributed by atoms with E-state index in [2.05, 4.69) is 9.80 Å². The molecule has 1 aliphatic heterocycles. The van der Waals surface area contributed by atoms with Crippen LogP contribution in [0.2, 0.25) is 0 Å². The summed E-state index contributed by atoms with van der Waals surface area (Å²) >= 11 is 0. The van der Waals surface area contributed by atoms with Gasteiger partial charge in [-0.2, -0.15) is 9.97 Å². The molecule has 0 bridgehead atoms. The van der Waals surface area contributed by atoms with Crippen LogP contribution < -0.4 is 14.5 Å². The SMILES string of the molecule is COCCN(CCOC)c1nc(N2CCOCC2)c2ccc(-c3ccc(OC)c(CO)c3)nc2n1. The van der Waals surface area contributed by atoms with Gasteiger partial charge in [0.25, 0.3) is 0 Å². The van der Waals surface area contributed by atoms with Gasteiger partial charge in [0.2, 0.25) is 5.95 Å². The van der Waals surface area contributed by atoms with Crippen molar-refractivity contribution in [1.82, 2.24) is 15.0 Å². The van der Waals surface area contributed by atoms with Gasteiger partial charge in [0, 0.05) is 51.5 Å². The molecule has 0 atom stereocenters. The van der Waals surface area contributed by atoms with Gasteiger partial charge in [0.15, 0.2) is 5.65 Å². The maximum atomic E-state index is 9.75. The second-order valence-corrected chi connectivity index (χ2v) is 8.17. The Morgan fingerprint density at radius 3 is 2.37 bits per heavy atom. The summed E-state index contributed by atoms with van der Waals surface area (Å²) in [6.45, 7) is 5.04. The molecule has 1 aromatic carbocycles. The number of hydrogen-bond donors (Lipinski definition) is 1. The molecule has 4 rings (SSSR count). The molecule has 10 heteroatoms. The molecule has 0 amide bonds. The molecule has 1 aliphatic rings. The molecule has 1 fully saturated rings. The van der Waals surface area contributed by atoms with Crippen molar-refractivity contribution in [3.05, 3.63) is 35.9 Å². The standard InChI is InChI=1S/C25H33N5O5/c1-32-12-8-30(9-13-33-2)25-27-23-20(24(28-25)29-10-14-35-15-11-29)5-6-21(26-23)18-4-7-22(34-3)19(16-18)17-31/h4-7,16,31H,8-15,17H2,1-3H3. The molecule has 35 heavy (non-hydrogen) atoms. The number of rotatable bonds is 11. The second kappa shape index (κ2) is 12.1. The van der Waals surface area contributed by atoms with E-state index in [9.17, 15) is 5.11 Å². The third-order valence-electron chi connectivity index (χ3n) is 6.00. The lowest BCUT2D eigenvalue weighted by Gasteiger charge is -2.30. The summed E-state index contributed by atoms with van der Waals surface area (Å²) in [5.74, 6) is 2.07. The molecule has 0 spiro atoms. The summed E-state index contributed by atoms with van der Waals surface area (Å²) in [7, 11) is 4.95. The smallest absolute Gasteiger partial charge is 0.229 e. The van der Waals surface area contributed by atoms with Crippen LogP contribution in [0.1, 0.15) is 5.56 Å². The Hall–Kier alpha value is -3.05. The molecular formula is C25H33N5O5. The largest absolute Gasteiger partial charge is 0.496 e. The number of benzene rings is 1. The highest BCUT2D eigenvalue weighted by atomic mass is 16.5. The number of aliphatic hydroxyl groups excluding tert-OH is 1. The van der Waals surface area contributed by atoms with Gasteiger partial charge in [0.1, 0.15) is 11.6 Å². The van der Waals surface area contributed by atoms with Crippen LogP contribution in [0.3, 0.4) is 0 Å². The van der Waals surface area contributed by atoms with Crippen LogP contribution in [0.4, 0.5) is 11.8 Å². The third kappa shape index (κ3) is 5.79. The zero-order chi connectivity index (χ0) is 24.6. The highest BCUT2D eigenvalue weighted by Crippen LogP contribution is 2.31. The summed E-state index contributed by atoms with van der Waals surface area (Å²) in [6, 6.07) is 9.65. The van der Waals surface area contributed by atoms with Crippen molar-refractivity contribution in [2.45, 2.75) is 6.61 Å². The van der Waals surface area contributed by atoms with E-state index in [1.165, 1.54) is 0 Å². The second-order valence-electron chi connectivity index (χ2n) is 8.17. The molecule has 3 aromatic rings. The van der Waals surface area contributed by atoms with E-state index in [1.54, 1.807) is 21.3 Å². The Morgan fingerprint density at radius 1 is 0.971 bits per heavy atom. The van der Waals surface area contributed by atoms with Crippen LogP contribution in [0.25, 0.3) is 22.3 Å². The Bertz CT molecular complexity index is 1110. The van der Waals surface area contributed by atoms with Gasteiger partial charge >= 0.3 is 0 Å². The number of hydrogen-bond acceptors (Lipinski definition) is 10. The summed E-state index contributed by atoms with van der Waals surface area (Å²) < 4.78 is 21.5. The van der Waals surface area contributed by atoms with E-state index >= 15 is 0 Å². The first-order chi connectivity index (χ1) is 17.2. The number of morpholine rings is 1. The molecule has 3 heterocycles. The van der Waals surface area contributed by atoms with E-state index in [1.807, 2.05) is 30.3 Å². The Morgan fingerprint density at radius 2 is 1.71 bits per heavy atom. The van der Waals surface area contributed by atoms with E-state index in [0.717, 1.165) is 35.6 Å². The monoisotopic (exact) mass is 483 g/mol. The number of anilines is 2. The predicted molar refractivity (Wildman–Crippen MR) is 134 cm³/mol. The zero-order valence-corrected chi connectivity index (χ0v) is 20.6. The molecular weight excluding hydrogens is 450 g/mol. The molecule has 188 valence electrons. The maximum Gasteiger partial charge on any atom is 0.229 e. The third-order valence-corrected chi connectivity index (χ3v) is 6.00. The van der Waals surface area contributed by atoms with Gasteiger partial charge in [-0.25, -0.2) is 4.98 Å². The molecule has 0 saturated carbocycles. The predicted octanol–water partition coefficient (Wildman–Crippen LogP) is 2.13. The molecule has 10 nitrogen and oxygen atoms in total. The molecule has 0 aliphatic carbocycles. The molecule has 1 saturated heterocycles. The number of aliphatic hydroxyl groups is 1. The fourth-order valence-electron chi connectivity index (χ4n) is 4.08. The average molecular weight is 484 g/mol. The van der Waals surface area contributed by atoms with E-state index < -0.39 is 0 Å². The van der Waals surface area contributed by atoms with Gasteiger partial charge in [-0.05, 0) is 30.3 Å². The van der Waals surface area contributed by atoms with Gasteiger partial charge in [-0.15, -0.1) is 0 Å². The number of ether oxygens (including phenoxy) is 4. The summed E-state index contributed by atoms with van der Waals surface area (Å²) in [6.07, 6.45) is 0. The van der Waals surface area contributed by atoms with Crippen molar-refractivity contribution in [3.8, 4) is 17.0 Å². The molecule has 0 radical (unpaired) electrons. The summed E-state index contributed by atoms with van der Waals surface area (Å²) in [4.78, 5) is 19.0. The Labute approximate surface area is 205 Å². The van der Waals surface area contributed by atoms with E-state index in [4.69, 9.17) is 33.9 Å². The zero-order valence-electron chi connectivity index (χ0n) is 20.6. The van der Waals surface area contributed by atoms with Gasteiger partial charge < -0.3 is 33.9 Å². The van der Waals surface area contributed by atoms with Gasteiger partial charge in [0.05, 0.1) is 51.2 Å². The van der Waals surface area contributed by atoms with Crippen LogP contribution in [0.15, 0.2) is 30.3 Å². The minimum Gasteiger partial charge on any atom is -0.496 e. The summed E-state index contributed by atoms with van der Waals surface area (Å²) in [5, 5.41) is 10.6. The normalized spacial score (nSPS) is 13.9. The van der Waals surface area contributed by atoms with Crippen molar-refractivity contribution in [2.75, 3.05) is 83.7 Å². The van der Waals surface area contributed by atoms with Crippen molar-refractivity contribution in [3.63, 3.8) is 0 Å². The first-order valence-electron chi connectivity index (χ1n) is 11.7. The number of nitrogens with zero attached hydrogens (tertiary/aromatic N) is 5. The molecule has 1 N–H and O–H groups in total. The molecule has 2 aromatic heterocycles. The quantitative estimate of drug-likeness (QED) is 0.436. The van der Waals surface area contributed by atoms with Crippen molar-refractivity contribution in [1.29, 1.82) is 0 Å². The minimum absolute atomic E-state index is 0.119. The number of fused-ring (bicyclic) bond motifs is 1. The minimum atomic E-state index is -0.119. The fourth-order valence-corrected chi connectivity index (χ4v) is 4.08. The Balaban J connectivity index is 1.81. The number of aromatic nitrogens is 3. The summed E-state index contributed by atoms with van der Waals surface area (Å²) in [5.41, 5.74) is 2.94. The van der Waals surface area contributed by atoms with Crippen LogP contribution in [0.5, 0.6) is 5.75 Å². The maximum absolute atomic E-state index is 9.75. The lowest BCUT2D eigenvalue weighted by Crippen LogP contribution is -2.38.